The van der Waals surface area contributed by atoms with Gasteiger partial charge in [0.25, 0.3) is 0 Å². The van der Waals surface area contributed by atoms with E-state index in [-0.39, 0.29) is 5.92 Å². The maximum Gasteiger partial charge on any atom is 0.243 e. The molecule has 0 unspecified atom stereocenters. The van der Waals surface area contributed by atoms with Crippen LogP contribution in [0.1, 0.15) is 59.4 Å². The Bertz CT molecular complexity index is 974. The monoisotopic (exact) mass is 420 g/mol. The van der Waals surface area contributed by atoms with Gasteiger partial charge >= 0.3 is 0 Å². The van der Waals surface area contributed by atoms with Crippen molar-refractivity contribution in [1.82, 2.24) is 19.4 Å². The standard InChI is InChI=1S/C21H32N4O3S/c1-13(2)21-23-22-19(28-21)12-24-8-10-25(11-9-24)29(26,27)20-17(6)15(4)14(3)16(5)18(20)7/h13H,8-12H2,1-7H3. The molecule has 1 fully saturated rings. The molecule has 2 heterocycles. The van der Waals surface area contributed by atoms with Crippen molar-refractivity contribution in [1.29, 1.82) is 0 Å². The minimum atomic E-state index is -3.53. The Labute approximate surface area is 174 Å². The van der Waals surface area contributed by atoms with E-state index in [0.29, 0.717) is 49.4 Å². The van der Waals surface area contributed by atoms with Crippen LogP contribution in [0.5, 0.6) is 0 Å². The minimum Gasteiger partial charge on any atom is -0.424 e. The lowest BCUT2D eigenvalue weighted by Crippen LogP contribution is -2.48. The van der Waals surface area contributed by atoms with Gasteiger partial charge in [0.15, 0.2) is 0 Å². The molecule has 1 saturated heterocycles. The van der Waals surface area contributed by atoms with E-state index >= 15 is 0 Å². The maximum atomic E-state index is 13.5. The Morgan fingerprint density at radius 3 is 1.86 bits per heavy atom. The molecule has 0 aliphatic carbocycles. The lowest BCUT2D eigenvalue weighted by molar-refractivity contribution is 0.167. The van der Waals surface area contributed by atoms with Crippen LogP contribution in [0.3, 0.4) is 0 Å². The summed E-state index contributed by atoms with van der Waals surface area (Å²) in [6.07, 6.45) is 0. The van der Waals surface area contributed by atoms with Gasteiger partial charge in [-0.05, 0) is 62.4 Å². The van der Waals surface area contributed by atoms with E-state index in [0.717, 1.165) is 22.3 Å². The molecule has 8 heteroatoms. The first-order valence-corrected chi connectivity index (χ1v) is 11.6. The molecule has 0 radical (unpaired) electrons. The van der Waals surface area contributed by atoms with Crippen LogP contribution in [0, 0.1) is 34.6 Å². The molecule has 2 aromatic rings. The number of hydrogen-bond donors (Lipinski definition) is 0. The van der Waals surface area contributed by atoms with Crippen LogP contribution < -0.4 is 0 Å². The Kier molecular flexibility index (Phi) is 6.17. The lowest BCUT2D eigenvalue weighted by Gasteiger charge is -2.34. The lowest BCUT2D eigenvalue weighted by atomic mass is 9.95. The molecule has 1 aliphatic rings. The third-order valence-corrected chi connectivity index (χ3v) is 8.37. The summed E-state index contributed by atoms with van der Waals surface area (Å²) < 4.78 is 34.2. The van der Waals surface area contributed by atoms with Crippen molar-refractivity contribution in [2.24, 2.45) is 0 Å². The van der Waals surface area contributed by atoms with Gasteiger partial charge < -0.3 is 4.42 Å². The van der Waals surface area contributed by atoms with Crippen molar-refractivity contribution in [2.45, 2.75) is 65.8 Å². The molecule has 29 heavy (non-hydrogen) atoms. The van der Waals surface area contributed by atoms with Crippen molar-refractivity contribution < 1.29 is 12.8 Å². The van der Waals surface area contributed by atoms with Crippen LogP contribution in [-0.2, 0) is 16.6 Å². The minimum absolute atomic E-state index is 0.200. The summed E-state index contributed by atoms with van der Waals surface area (Å²) in [5.41, 5.74) is 5.01. The topological polar surface area (TPSA) is 79.5 Å². The van der Waals surface area contributed by atoms with Crippen molar-refractivity contribution in [3.63, 3.8) is 0 Å². The molecular formula is C21H32N4O3S. The zero-order valence-corrected chi connectivity index (χ0v) is 19.4. The van der Waals surface area contributed by atoms with Crippen molar-refractivity contribution >= 4 is 10.0 Å². The number of rotatable bonds is 5. The normalized spacial score (nSPS) is 16.7. The van der Waals surface area contributed by atoms with Gasteiger partial charge in [-0.25, -0.2) is 8.42 Å². The predicted octanol–water partition coefficient (Wildman–Crippen LogP) is 3.24. The molecule has 0 bridgehead atoms. The molecule has 1 aromatic heterocycles. The van der Waals surface area contributed by atoms with Crippen LogP contribution in [0.25, 0.3) is 0 Å². The second kappa shape index (κ2) is 8.16. The number of benzene rings is 1. The molecule has 0 atom stereocenters. The average molecular weight is 421 g/mol. The molecule has 1 aliphatic heterocycles. The third kappa shape index (κ3) is 4.11. The Morgan fingerprint density at radius 2 is 1.38 bits per heavy atom. The highest BCUT2D eigenvalue weighted by Crippen LogP contribution is 2.32. The number of hydrogen-bond acceptors (Lipinski definition) is 6. The van der Waals surface area contributed by atoms with Gasteiger partial charge in [-0.15, -0.1) is 10.2 Å². The Morgan fingerprint density at radius 1 is 0.862 bits per heavy atom. The first-order valence-electron chi connectivity index (χ1n) is 10.2. The fourth-order valence-corrected chi connectivity index (χ4v) is 5.85. The summed E-state index contributed by atoms with van der Waals surface area (Å²) >= 11 is 0. The Hall–Kier alpha value is -1.77. The largest absolute Gasteiger partial charge is 0.424 e. The van der Waals surface area contributed by atoms with Gasteiger partial charge in [-0.1, -0.05) is 13.8 Å². The van der Waals surface area contributed by atoms with E-state index in [1.165, 1.54) is 5.56 Å². The number of piperazine rings is 1. The van der Waals surface area contributed by atoms with Gasteiger partial charge in [0.1, 0.15) is 0 Å². The number of nitrogens with zero attached hydrogens (tertiary/aromatic N) is 4. The van der Waals surface area contributed by atoms with Gasteiger partial charge in [0, 0.05) is 32.1 Å². The average Bonchev–Trinajstić information content (AvgIpc) is 3.14. The summed E-state index contributed by atoms with van der Waals surface area (Å²) in [6.45, 7) is 16.7. The highest BCUT2D eigenvalue weighted by Gasteiger charge is 2.32. The first-order chi connectivity index (χ1) is 13.5. The quantitative estimate of drug-likeness (QED) is 0.739. The predicted molar refractivity (Wildman–Crippen MR) is 113 cm³/mol. The molecule has 160 valence electrons. The summed E-state index contributed by atoms with van der Waals surface area (Å²) in [6, 6.07) is 0. The second-order valence-corrected chi connectivity index (χ2v) is 10.2. The Balaban J connectivity index is 1.75. The van der Waals surface area contributed by atoms with E-state index < -0.39 is 10.0 Å². The molecular weight excluding hydrogens is 388 g/mol. The van der Waals surface area contributed by atoms with Crippen molar-refractivity contribution in [3.05, 3.63) is 39.6 Å². The summed E-state index contributed by atoms with van der Waals surface area (Å²) in [5, 5.41) is 8.18. The molecule has 1 aromatic carbocycles. The van der Waals surface area contributed by atoms with Crippen LogP contribution in [0.2, 0.25) is 0 Å². The van der Waals surface area contributed by atoms with Crippen LogP contribution >= 0.6 is 0 Å². The zero-order valence-electron chi connectivity index (χ0n) is 18.5. The van der Waals surface area contributed by atoms with Gasteiger partial charge in [-0.3, -0.25) is 4.90 Å². The second-order valence-electron chi connectivity index (χ2n) is 8.32. The van der Waals surface area contributed by atoms with E-state index in [9.17, 15) is 8.42 Å². The van der Waals surface area contributed by atoms with Gasteiger partial charge in [0.2, 0.25) is 21.8 Å². The van der Waals surface area contributed by atoms with Crippen LogP contribution in [0.15, 0.2) is 9.31 Å². The first kappa shape index (κ1) is 21.9. The highest BCUT2D eigenvalue weighted by atomic mass is 32.2. The number of aromatic nitrogens is 2. The smallest absolute Gasteiger partial charge is 0.243 e. The summed E-state index contributed by atoms with van der Waals surface area (Å²) in [4.78, 5) is 2.64. The van der Waals surface area contributed by atoms with E-state index in [4.69, 9.17) is 4.42 Å². The molecule has 7 nitrogen and oxygen atoms in total. The van der Waals surface area contributed by atoms with Gasteiger partial charge in [0.05, 0.1) is 11.4 Å². The third-order valence-electron chi connectivity index (χ3n) is 6.20. The van der Waals surface area contributed by atoms with E-state index in [1.807, 2.05) is 41.5 Å². The fourth-order valence-electron chi connectivity index (χ4n) is 3.86. The van der Waals surface area contributed by atoms with E-state index in [2.05, 4.69) is 22.0 Å². The van der Waals surface area contributed by atoms with Crippen LogP contribution in [0.4, 0.5) is 0 Å². The molecule has 3 rings (SSSR count). The number of sulfonamides is 1. The highest BCUT2D eigenvalue weighted by molar-refractivity contribution is 7.89. The fraction of sp³-hybridized carbons (Fsp3) is 0.619. The van der Waals surface area contributed by atoms with Crippen molar-refractivity contribution in [3.8, 4) is 0 Å². The van der Waals surface area contributed by atoms with Crippen LogP contribution in [-0.4, -0.2) is 54.0 Å². The van der Waals surface area contributed by atoms with E-state index in [1.54, 1.807) is 4.31 Å². The molecule has 0 saturated carbocycles. The van der Waals surface area contributed by atoms with Gasteiger partial charge in [-0.2, -0.15) is 4.31 Å². The summed E-state index contributed by atoms with van der Waals surface area (Å²) in [5.74, 6) is 1.42. The molecule has 0 spiro atoms. The van der Waals surface area contributed by atoms with Crippen molar-refractivity contribution in [2.75, 3.05) is 26.2 Å². The molecule has 0 N–H and O–H groups in total. The zero-order chi connectivity index (χ0) is 21.5. The molecule has 0 amide bonds. The maximum absolute atomic E-state index is 13.5. The SMILES string of the molecule is Cc1c(C)c(C)c(S(=O)(=O)N2CCN(Cc3nnc(C(C)C)o3)CC2)c(C)c1C. The summed E-state index contributed by atoms with van der Waals surface area (Å²) in [7, 11) is -3.53.